The molecule has 2 aromatic carbocycles. The molecule has 27 heavy (non-hydrogen) atoms. The molecule has 0 saturated heterocycles. The van der Waals surface area contributed by atoms with E-state index in [9.17, 15) is 9.18 Å². The third-order valence-corrected chi connectivity index (χ3v) is 4.58. The summed E-state index contributed by atoms with van der Waals surface area (Å²) in [6.45, 7) is 1.80. The van der Waals surface area contributed by atoms with Gasteiger partial charge in [0.2, 0.25) is 5.95 Å². The van der Waals surface area contributed by atoms with Crippen LogP contribution in [0.25, 0.3) is 0 Å². The molecule has 1 aliphatic rings. The van der Waals surface area contributed by atoms with Crippen molar-refractivity contribution in [3.05, 3.63) is 82.5 Å². The minimum atomic E-state index is -0.531. The molecule has 1 aromatic heterocycles. The Balaban J connectivity index is 1.74. The van der Waals surface area contributed by atoms with E-state index in [0.717, 1.165) is 5.56 Å². The van der Waals surface area contributed by atoms with Crippen LogP contribution < -0.4 is 10.6 Å². The lowest BCUT2D eigenvalue weighted by molar-refractivity contribution is -0.113. The highest BCUT2D eigenvalue weighted by atomic mass is 35.5. The van der Waals surface area contributed by atoms with Gasteiger partial charge < -0.3 is 10.6 Å². The lowest BCUT2D eigenvalue weighted by Crippen LogP contribution is -2.31. The monoisotopic (exact) mass is 383 g/mol. The molecule has 1 unspecified atom stereocenters. The number of benzene rings is 2. The smallest absolute Gasteiger partial charge is 0.255 e. The van der Waals surface area contributed by atoms with Gasteiger partial charge in [-0.3, -0.25) is 4.79 Å². The highest BCUT2D eigenvalue weighted by Gasteiger charge is 2.33. The number of aromatic nitrogens is 3. The second-order valence-corrected chi connectivity index (χ2v) is 6.54. The summed E-state index contributed by atoms with van der Waals surface area (Å²) in [6.07, 6.45) is 1.41. The van der Waals surface area contributed by atoms with Crippen molar-refractivity contribution in [3.8, 4) is 0 Å². The van der Waals surface area contributed by atoms with Gasteiger partial charge in [-0.2, -0.15) is 10.1 Å². The number of fused-ring (bicyclic) bond motifs is 1. The predicted molar refractivity (Wildman–Crippen MR) is 101 cm³/mol. The van der Waals surface area contributed by atoms with E-state index in [1.54, 1.807) is 48.0 Å². The van der Waals surface area contributed by atoms with Crippen LogP contribution in [0.5, 0.6) is 0 Å². The van der Waals surface area contributed by atoms with E-state index in [2.05, 4.69) is 20.7 Å². The number of nitrogens with zero attached hydrogens (tertiary/aromatic N) is 3. The van der Waals surface area contributed by atoms with Gasteiger partial charge in [-0.1, -0.05) is 23.7 Å². The van der Waals surface area contributed by atoms with Gasteiger partial charge in [-0.25, -0.2) is 9.07 Å². The molecular formula is C19H15ClFN5O. The Bertz CT molecular complexity index is 1030. The topological polar surface area (TPSA) is 71.8 Å². The van der Waals surface area contributed by atoms with Crippen molar-refractivity contribution in [1.82, 2.24) is 14.8 Å². The van der Waals surface area contributed by atoms with E-state index in [0.29, 0.717) is 27.9 Å². The summed E-state index contributed by atoms with van der Waals surface area (Å²) < 4.78 is 15.0. The van der Waals surface area contributed by atoms with E-state index in [1.165, 1.54) is 18.5 Å². The van der Waals surface area contributed by atoms with Gasteiger partial charge >= 0.3 is 0 Å². The molecule has 4 rings (SSSR count). The van der Waals surface area contributed by atoms with Gasteiger partial charge in [0.1, 0.15) is 18.2 Å². The number of rotatable bonds is 3. The van der Waals surface area contributed by atoms with Crippen LogP contribution in [0, 0.1) is 5.82 Å². The van der Waals surface area contributed by atoms with Gasteiger partial charge in [0.05, 0.1) is 5.57 Å². The fourth-order valence-electron chi connectivity index (χ4n) is 3.07. The maximum absolute atomic E-state index is 13.4. The van der Waals surface area contributed by atoms with Crippen molar-refractivity contribution in [2.24, 2.45) is 0 Å². The molecule has 0 bridgehead atoms. The van der Waals surface area contributed by atoms with Gasteiger partial charge in [-0.05, 0) is 48.9 Å². The van der Waals surface area contributed by atoms with E-state index < -0.39 is 6.04 Å². The van der Waals surface area contributed by atoms with E-state index in [4.69, 9.17) is 11.6 Å². The quantitative estimate of drug-likeness (QED) is 0.717. The Labute approximate surface area is 159 Å². The number of allylic oxidation sites excluding steroid dienone is 1. The fraction of sp³-hybridized carbons (Fsp3) is 0.105. The molecule has 2 heterocycles. The first-order valence-electron chi connectivity index (χ1n) is 8.22. The number of hydrogen-bond acceptors (Lipinski definition) is 4. The first kappa shape index (κ1) is 17.2. The van der Waals surface area contributed by atoms with Crippen LogP contribution in [0.3, 0.4) is 0 Å². The summed E-state index contributed by atoms with van der Waals surface area (Å²) in [5.41, 5.74) is 2.46. The molecule has 2 N–H and O–H groups in total. The number of amides is 1. The normalized spacial score (nSPS) is 15.9. The third-order valence-electron chi connectivity index (χ3n) is 4.33. The number of carbonyl (C=O) groups is 1. The second kappa shape index (κ2) is 6.85. The summed E-state index contributed by atoms with van der Waals surface area (Å²) >= 11 is 5.90. The number of anilines is 2. The Kier molecular flexibility index (Phi) is 4.37. The number of nitrogens with one attached hydrogen (secondary N) is 2. The van der Waals surface area contributed by atoms with Crippen LogP contribution in [0.15, 0.2) is 66.1 Å². The van der Waals surface area contributed by atoms with Crippen molar-refractivity contribution >= 4 is 29.1 Å². The molecule has 0 radical (unpaired) electrons. The van der Waals surface area contributed by atoms with E-state index in [-0.39, 0.29) is 11.7 Å². The molecule has 0 saturated carbocycles. The zero-order valence-electron chi connectivity index (χ0n) is 14.3. The maximum Gasteiger partial charge on any atom is 0.255 e. The Morgan fingerprint density at radius 3 is 2.59 bits per heavy atom. The molecule has 0 fully saturated rings. The molecule has 0 spiro atoms. The van der Waals surface area contributed by atoms with Crippen LogP contribution in [0.2, 0.25) is 5.02 Å². The third kappa shape index (κ3) is 3.29. The summed E-state index contributed by atoms with van der Waals surface area (Å²) in [6, 6.07) is 12.3. The zero-order chi connectivity index (χ0) is 19.0. The Hall–Kier alpha value is -3.19. The lowest BCUT2D eigenvalue weighted by atomic mass is 9.95. The Morgan fingerprint density at radius 2 is 1.89 bits per heavy atom. The Morgan fingerprint density at radius 1 is 1.19 bits per heavy atom. The van der Waals surface area contributed by atoms with Crippen molar-refractivity contribution in [2.75, 3.05) is 10.6 Å². The predicted octanol–water partition coefficient (Wildman–Crippen LogP) is 4.00. The lowest BCUT2D eigenvalue weighted by Gasteiger charge is -2.28. The first-order valence-corrected chi connectivity index (χ1v) is 8.60. The van der Waals surface area contributed by atoms with Crippen molar-refractivity contribution in [2.45, 2.75) is 13.0 Å². The van der Waals surface area contributed by atoms with Crippen LogP contribution in [-0.4, -0.2) is 20.7 Å². The van der Waals surface area contributed by atoms with Gasteiger partial charge in [0, 0.05) is 16.4 Å². The number of hydrogen-bond donors (Lipinski definition) is 2. The van der Waals surface area contributed by atoms with Crippen molar-refractivity contribution < 1.29 is 9.18 Å². The van der Waals surface area contributed by atoms with Crippen LogP contribution in [0.1, 0.15) is 18.5 Å². The highest BCUT2D eigenvalue weighted by molar-refractivity contribution is 6.30. The van der Waals surface area contributed by atoms with Crippen LogP contribution in [-0.2, 0) is 4.79 Å². The average molecular weight is 384 g/mol. The van der Waals surface area contributed by atoms with Crippen molar-refractivity contribution in [3.63, 3.8) is 0 Å². The minimum absolute atomic E-state index is 0.294. The van der Waals surface area contributed by atoms with Crippen LogP contribution >= 0.6 is 11.6 Å². The molecule has 8 heteroatoms. The summed E-state index contributed by atoms with van der Waals surface area (Å²) in [5, 5.41) is 10.8. The molecule has 1 atom stereocenters. The standard InChI is InChI=1S/C19H15ClFN5O/c1-11-16(18(27)25-15-8-4-13(20)5-9-15)17(12-2-6-14(21)7-3-12)26-19(24-11)22-10-23-26/h2-10,17H,1H3,(H,25,27)(H,22,23,24). The van der Waals surface area contributed by atoms with Gasteiger partial charge in [0.25, 0.3) is 5.91 Å². The summed E-state index contributed by atoms with van der Waals surface area (Å²) in [4.78, 5) is 17.2. The molecule has 6 nitrogen and oxygen atoms in total. The highest BCUT2D eigenvalue weighted by Crippen LogP contribution is 2.35. The largest absolute Gasteiger partial charge is 0.328 e. The second-order valence-electron chi connectivity index (χ2n) is 6.11. The number of carbonyl (C=O) groups excluding carboxylic acids is 1. The van der Waals surface area contributed by atoms with Crippen LogP contribution in [0.4, 0.5) is 16.0 Å². The molecule has 1 aliphatic heterocycles. The maximum atomic E-state index is 13.4. The zero-order valence-corrected chi connectivity index (χ0v) is 15.0. The number of halogens is 2. The van der Waals surface area contributed by atoms with E-state index in [1.807, 2.05) is 0 Å². The van der Waals surface area contributed by atoms with Gasteiger partial charge in [0.15, 0.2) is 0 Å². The molecular weight excluding hydrogens is 369 g/mol. The molecule has 0 aliphatic carbocycles. The fourth-order valence-corrected chi connectivity index (χ4v) is 3.20. The van der Waals surface area contributed by atoms with Crippen molar-refractivity contribution in [1.29, 1.82) is 0 Å². The molecule has 136 valence electrons. The molecule has 3 aromatic rings. The minimum Gasteiger partial charge on any atom is -0.328 e. The van der Waals surface area contributed by atoms with Gasteiger partial charge in [-0.15, -0.1) is 0 Å². The average Bonchev–Trinajstić information content (AvgIpc) is 3.11. The summed E-state index contributed by atoms with van der Waals surface area (Å²) in [7, 11) is 0. The first-order chi connectivity index (χ1) is 13.0. The SMILES string of the molecule is CC1=C(C(=O)Nc2ccc(Cl)cc2)C(c2ccc(F)cc2)n2ncnc2N1. The van der Waals surface area contributed by atoms with E-state index >= 15 is 0 Å². The summed E-state index contributed by atoms with van der Waals surface area (Å²) in [5.74, 6) is -0.123. The molecule has 1 amide bonds.